The van der Waals surface area contributed by atoms with Crippen LogP contribution in [0.2, 0.25) is 0 Å². The third-order valence-corrected chi connectivity index (χ3v) is 3.70. The van der Waals surface area contributed by atoms with Crippen LogP contribution in [0, 0.1) is 0 Å². The minimum Gasteiger partial charge on any atom is -0.332 e. The lowest BCUT2D eigenvalue weighted by Gasteiger charge is -2.04. The average Bonchev–Trinajstić information content (AvgIpc) is 2.87. The van der Waals surface area contributed by atoms with E-state index < -0.39 is 0 Å². The number of aromatic nitrogens is 3. The average molecular weight is 281 g/mol. The van der Waals surface area contributed by atoms with Crippen molar-refractivity contribution in [3.8, 4) is 11.4 Å². The van der Waals surface area contributed by atoms with Gasteiger partial charge in [0.15, 0.2) is 0 Å². The lowest BCUT2D eigenvalue weighted by Crippen LogP contribution is -2.11. The van der Waals surface area contributed by atoms with E-state index in [0.717, 1.165) is 41.5 Å². The largest absolute Gasteiger partial charge is 0.332 e. The highest BCUT2D eigenvalue weighted by molar-refractivity contribution is 5.81. The van der Waals surface area contributed by atoms with E-state index in [1.165, 1.54) is 0 Å². The van der Waals surface area contributed by atoms with Gasteiger partial charge in [-0.25, -0.2) is 4.98 Å². The lowest BCUT2D eigenvalue weighted by molar-refractivity contribution is 0.695. The predicted octanol–water partition coefficient (Wildman–Crippen LogP) is 3.36. The van der Waals surface area contributed by atoms with Crippen LogP contribution in [0.5, 0.6) is 0 Å². The fourth-order valence-electron chi connectivity index (χ4n) is 2.68. The zero-order chi connectivity index (χ0) is 14.8. The molecule has 4 heteroatoms. The zero-order valence-electron chi connectivity index (χ0n) is 12.4. The summed E-state index contributed by atoms with van der Waals surface area (Å²) in [5.74, 6) is 0.631. The SMILES string of the molecule is CCCn1cc(CC)c2c(=O)[nH]c(-c3ccccc3)nc21. The standard InChI is InChI=1S/C17H19N3O/c1-3-10-20-11-12(4-2)14-16(20)18-15(19-17(14)21)13-8-6-5-7-9-13/h5-9,11H,3-4,10H2,1-2H3,(H,18,19,21). The van der Waals surface area contributed by atoms with Crippen LogP contribution in [-0.4, -0.2) is 14.5 Å². The molecule has 3 rings (SSSR count). The second kappa shape index (κ2) is 5.56. The molecular formula is C17H19N3O. The van der Waals surface area contributed by atoms with Crippen LogP contribution in [0.4, 0.5) is 0 Å². The molecule has 21 heavy (non-hydrogen) atoms. The Kier molecular flexibility index (Phi) is 3.60. The topological polar surface area (TPSA) is 50.7 Å². The number of nitrogens with one attached hydrogen (secondary N) is 1. The van der Waals surface area contributed by atoms with Crippen LogP contribution in [0.1, 0.15) is 25.8 Å². The molecule has 3 aromatic rings. The smallest absolute Gasteiger partial charge is 0.260 e. The summed E-state index contributed by atoms with van der Waals surface area (Å²) in [5.41, 5.74) is 2.73. The van der Waals surface area contributed by atoms with Gasteiger partial charge in [0.05, 0.1) is 5.39 Å². The fraction of sp³-hybridized carbons (Fsp3) is 0.294. The summed E-state index contributed by atoms with van der Waals surface area (Å²) < 4.78 is 2.09. The van der Waals surface area contributed by atoms with Gasteiger partial charge in [-0.05, 0) is 18.4 Å². The summed E-state index contributed by atoms with van der Waals surface area (Å²) in [6.07, 6.45) is 3.91. The zero-order valence-corrected chi connectivity index (χ0v) is 12.4. The Morgan fingerprint density at radius 1 is 1.19 bits per heavy atom. The van der Waals surface area contributed by atoms with Crippen molar-refractivity contribution < 1.29 is 0 Å². The number of benzene rings is 1. The number of aromatic amines is 1. The maximum atomic E-state index is 12.5. The van der Waals surface area contributed by atoms with E-state index in [1.807, 2.05) is 30.3 Å². The Bertz CT molecular complexity index is 815. The first-order valence-corrected chi connectivity index (χ1v) is 7.42. The maximum Gasteiger partial charge on any atom is 0.260 e. The highest BCUT2D eigenvalue weighted by atomic mass is 16.1. The molecule has 0 aliphatic carbocycles. The van der Waals surface area contributed by atoms with E-state index in [2.05, 4.69) is 29.6 Å². The third-order valence-electron chi connectivity index (χ3n) is 3.70. The van der Waals surface area contributed by atoms with Gasteiger partial charge in [-0.3, -0.25) is 4.79 Å². The number of aryl methyl sites for hydroxylation is 2. The second-order valence-corrected chi connectivity index (χ2v) is 5.18. The first-order valence-electron chi connectivity index (χ1n) is 7.42. The van der Waals surface area contributed by atoms with Crippen molar-refractivity contribution >= 4 is 11.0 Å². The first kappa shape index (κ1) is 13.6. The summed E-state index contributed by atoms with van der Waals surface area (Å²) in [5, 5.41) is 0.727. The Morgan fingerprint density at radius 2 is 1.95 bits per heavy atom. The van der Waals surface area contributed by atoms with Crippen LogP contribution in [0.25, 0.3) is 22.4 Å². The molecule has 0 radical (unpaired) electrons. The van der Waals surface area contributed by atoms with E-state index in [9.17, 15) is 4.79 Å². The number of hydrogen-bond acceptors (Lipinski definition) is 2. The van der Waals surface area contributed by atoms with Crippen LogP contribution >= 0.6 is 0 Å². The van der Waals surface area contributed by atoms with Crippen molar-refractivity contribution in [2.75, 3.05) is 0 Å². The summed E-state index contributed by atoms with van der Waals surface area (Å²) in [6, 6.07) is 9.76. The number of hydrogen-bond donors (Lipinski definition) is 1. The Labute approximate surface area is 123 Å². The molecule has 0 bridgehead atoms. The maximum absolute atomic E-state index is 12.5. The molecule has 2 aromatic heterocycles. The van der Waals surface area contributed by atoms with Crippen molar-refractivity contribution in [1.82, 2.24) is 14.5 Å². The number of rotatable bonds is 4. The van der Waals surface area contributed by atoms with E-state index in [4.69, 9.17) is 4.98 Å². The van der Waals surface area contributed by atoms with Gasteiger partial charge in [0.1, 0.15) is 11.5 Å². The first-order chi connectivity index (χ1) is 10.2. The summed E-state index contributed by atoms with van der Waals surface area (Å²) in [7, 11) is 0. The van der Waals surface area contributed by atoms with Gasteiger partial charge >= 0.3 is 0 Å². The van der Waals surface area contributed by atoms with Crippen LogP contribution < -0.4 is 5.56 Å². The molecule has 0 spiro atoms. The minimum absolute atomic E-state index is 0.0504. The molecule has 0 fully saturated rings. The highest BCUT2D eigenvalue weighted by Gasteiger charge is 2.14. The lowest BCUT2D eigenvalue weighted by atomic mass is 10.2. The van der Waals surface area contributed by atoms with Crippen molar-refractivity contribution in [2.24, 2.45) is 0 Å². The number of nitrogens with zero attached hydrogens (tertiary/aromatic N) is 2. The van der Waals surface area contributed by atoms with Gasteiger partial charge in [-0.15, -0.1) is 0 Å². The monoisotopic (exact) mass is 281 g/mol. The minimum atomic E-state index is -0.0504. The molecule has 0 aliphatic heterocycles. The van der Waals surface area contributed by atoms with Gasteiger partial charge in [-0.1, -0.05) is 44.2 Å². The van der Waals surface area contributed by atoms with Crippen molar-refractivity contribution in [1.29, 1.82) is 0 Å². The van der Waals surface area contributed by atoms with Crippen LogP contribution in [-0.2, 0) is 13.0 Å². The Morgan fingerprint density at radius 3 is 2.62 bits per heavy atom. The number of H-pyrrole nitrogens is 1. The molecule has 4 nitrogen and oxygen atoms in total. The molecule has 1 aromatic carbocycles. The highest BCUT2D eigenvalue weighted by Crippen LogP contribution is 2.20. The molecule has 0 unspecified atom stereocenters. The second-order valence-electron chi connectivity index (χ2n) is 5.18. The molecule has 0 saturated heterocycles. The van der Waals surface area contributed by atoms with Gasteiger partial charge in [0.25, 0.3) is 5.56 Å². The van der Waals surface area contributed by atoms with Gasteiger partial charge in [0.2, 0.25) is 0 Å². The molecule has 0 aliphatic rings. The van der Waals surface area contributed by atoms with Gasteiger partial charge in [-0.2, -0.15) is 0 Å². The van der Waals surface area contributed by atoms with Gasteiger partial charge < -0.3 is 9.55 Å². The van der Waals surface area contributed by atoms with Crippen molar-refractivity contribution in [3.05, 3.63) is 52.4 Å². The summed E-state index contributed by atoms with van der Waals surface area (Å²) >= 11 is 0. The van der Waals surface area contributed by atoms with E-state index in [1.54, 1.807) is 0 Å². The fourth-order valence-corrected chi connectivity index (χ4v) is 2.68. The molecule has 0 saturated carbocycles. The molecule has 0 amide bonds. The normalized spacial score (nSPS) is 11.1. The third kappa shape index (κ3) is 2.37. The van der Waals surface area contributed by atoms with E-state index in [-0.39, 0.29) is 5.56 Å². The van der Waals surface area contributed by atoms with Crippen LogP contribution in [0.15, 0.2) is 41.3 Å². The predicted molar refractivity (Wildman–Crippen MR) is 85.5 cm³/mol. The molecule has 2 heterocycles. The van der Waals surface area contributed by atoms with Crippen molar-refractivity contribution in [3.63, 3.8) is 0 Å². The van der Waals surface area contributed by atoms with E-state index in [0.29, 0.717) is 5.82 Å². The summed E-state index contributed by atoms with van der Waals surface area (Å²) in [4.78, 5) is 20.1. The Hall–Kier alpha value is -2.36. The molecule has 1 N–H and O–H groups in total. The Balaban J connectivity index is 2.27. The summed E-state index contributed by atoms with van der Waals surface area (Å²) in [6.45, 7) is 5.07. The number of fused-ring (bicyclic) bond motifs is 1. The quantitative estimate of drug-likeness (QED) is 0.797. The van der Waals surface area contributed by atoms with E-state index >= 15 is 0 Å². The van der Waals surface area contributed by atoms with Crippen LogP contribution in [0.3, 0.4) is 0 Å². The van der Waals surface area contributed by atoms with Gasteiger partial charge in [0, 0.05) is 18.3 Å². The molecular weight excluding hydrogens is 262 g/mol. The molecule has 0 atom stereocenters. The molecule has 108 valence electrons. The van der Waals surface area contributed by atoms with Crippen molar-refractivity contribution in [2.45, 2.75) is 33.2 Å².